The summed E-state index contributed by atoms with van der Waals surface area (Å²) in [4.78, 5) is 20.1. The average Bonchev–Trinajstić information content (AvgIpc) is 1.84. The van der Waals surface area contributed by atoms with Gasteiger partial charge in [0.1, 0.15) is 6.10 Å². The Morgan fingerprint density at radius 3 is 1.80 bits per heavy atom. The molecule has 0 bridgehead atoms. The van der Waals surface area contributed by atoms with E-state index in [4.69, 9.17) is 15.3 Å². The molecule has 0 rings (SSSR count). The molecule has 2 unspecified atom stereocenters. The number of ketones is 1. The van der Waals surface area contributed by atoms with Gasteiger partial charge in [0.15, 0.2) is 0 Å². The number of carbonyl (C=O) groups is 2. The van der Waals surface area contributed by atoms with Crippen LogP contribution in [0.2, 0.25) is 0 Å². The van der Waals surface area contributed by atoms with Crippen LogP contribution in [0.15, 0.2) is 0 Å². The third kappa shape index (κ3) is 2.12. The van der Waals surface area contributed by atoms with Crippen LogP contribution < -0.4 is 0 Å². The Morgan fingerprint density at radius 2 is 1.70 bits per heavy atom. The molecule has 0 radical (unpaired) electrons. The molecule has 0 heterocycles. The zero-order chi connectivity index (χ0) is 8.31. The second-order valence-electron chi connectivity index (χ2n) is 1.85. The summed E-state index contributed by atoms with van der Waals surface area (Å²) in [5.41, 5.74) is 0. The summed E-state index contributed by atoms with van der Waals surface area (Å²) in [5, 5.41) is 25.1. The van der Waals surface area contributed by atoms with E-state index in [1.165, 1.54) is 0 Å². The highest BCUT2D eigenvalue weighted by molar-refractivity contribution is 6.34. The van der Waals surface area contributed by atoms with Gasteiger partial charge in [0.25, 0.3) is 5.78 Å². The van der Waals surface area contributed by atoms with E-state index in [0.29, 0.717) is 0 Å². The van der Waals surface area contributed by atoms with Crippen LogP contribution in [0.5, 0.6) is 0 Å². The Morgan fingerprint density at radius 1 is 1.30 bits per heavy atom. The minimum absolute atomic E-state index is 1.13. The van der Waals surface area contributed by atoms with Crippen molar-refractivity contribution in [1.82, 2.24) is 0 Å². The van der Waals surface area contributed by atoms with Crippen LogP contribution in [0.3, 0.4) is 0 Å². The summed E-state index contributed by atoms with van der Waals surface area (Å²) in [6.45, 7) is 1.13. The molecule has 3 N–H and O–H groups in total. The van der Waals surface area contributed by atoms with Gasteiger partial charge in [0, 0.05) is 0 Å². The first-order chi connectivity index (χ1) is 4.46. The Balaban J connectivity index is 4.08. The van der Waals surface area contributed by atoms with E-state index in [1.807, 2.05) is 0 Å². The maximum atomic E-state index is 10.3. The molecule has 0 saturated carbocycles. The SMILES string of the molecule is CC(O)C(O)C(=O)C(=O)O. The van der Waals surface area contributed by atoms with Crippen LogP contribution in [-0.2, 0) is 9.59 Å². The van der Waals surface area contributed by atoms with Crippen molar-refractivity contribution in [3.63, 3.8) is 0 Å². The number of carboxylic acids is 1. The lowest BCUT2D eigenvalue weighted by Gasteiger charge is -2.07. The zero-order valence-electron chi connectivity index (χ0n) is 5.31. The molecule has 5 heteroatoms. The number of hydrogen-bond acceptors (Lipinski definition) is 4. The molecule has 0 saturated heterocycles. The van der Waals surface area contributed by atoms with Gasteiger partial charge in [0.2, 0.25) is 0 Å². The molecule has 0 spiro atoms. The van der Waals surface area contributed by atoms with Gasteiger partial charge in [-0.05, 0) is 6.92 Å². The number of aliphatic hydroxyl groups is 2. The van der Waals surface area contributed by atoms with Crippen molar-refractivity contribution in [2.45, 2.75) is 19.1 Å². The van der Waals surface area contributed by atoms with Gasteiger partial charge >= 0.3 is 5.97 Å². The Labute approximate surface area is 56.9 Å². The number of carboxylic acid groups (broad SMARTS) is 1. The van der Waals surface area contributed by atoms with E-state index >= 15 is 0 Å². The second kappa shape index (κ2) is 3.28. The summed E-state index contributed by atoms with van der Waals surface area (Å²) >= 11 is 0. The smallest absolute Gasteiger partial charge is 0.375 e. The topological polar surface area (TPSA) is 94.8 Å². The summed E-state index contributed by atoms with van der Waals surface area (Å²) in [7, 11) is 0. The lowest BCUT2D eigenvalue weighted by atomic mass is 10.1. The molecule has 0 aliphatic rings. The van der Waals surface area contributed by atoms with Crippen LogP contribution in [0.4, 0.5) is 0 Å². The minimum atomic E-state index is -1.82. The van der Waals surface area contributed by atoms with Crippen molar-refractivity contribution in [2.75, 3.05) is 0 Å². The monoisotopic (exact) mass is 148 g/mol. The molecule has 2 atom stereocenters. The number of hydrogen-bond donors (Lipinski definition) is 3. The van der Waals surface area contributed by atoms with Crippen LogP contribution in [0.25, 0.3) is 0 Å². The third-order valence-electron chi connectivity index (χ3n) is 0.936. The van der Waals surface area contributed by atoms with Crippen molar-refractivity contribution in [3.8, 4) is 0 Å². The van der Waals surface area contributed by atoms with Crippen LogP contribution in [0, 0.1) is 0 Å². The van der Waals surface area contributed by atoms with E-state index in [9.17, 15) is 9.59 Å². The molecule has 0 aromatic heterocycles. The van der Waals surface area contributed by atoms with Gasteiger partial charge in [-0.2, -0.15) is 0 Å². The average molecular weight is 148 g/mol. The van der Waals surface area contributed by atoms with Crippen LogP contribution in [-0.4, -0.2) is 39.3 Å². The van der Waals surface area contributed by atoms with E-state index in [-0.39, 0.29) is 0 Å². The van der Waals surface area contributed by atoms with Crippen molar-refractivity contribution < 1.29 is 24.9 Å². The van der Waals surface area contributed by atoms with Crippen molar-refractivity contribution in [3.05, 3.63) is 0 Å². The summed E-state index contributed by atoms with van der Waals surface area (Å²) in [5.74, 6) is -3.14. The second-order valence-corrected chi connectivity index (χ2v) is 1.85. The molecule has 0 aromatic carbocycles. The van der Waals surface area contributed by atoms with Gasteiger partial charge in [-0.3, -0.25) is 4.79 Å². The number of aliphatic hydroxyl groups excluding tert-OH is 2. The standard InChI is InChI=1S/C5H8O5/c1-2(6)3(7)4(8)5(9)10/h2-3,6-7H,1H3,(H,9,10). The van der Waals surface area contributed by atoms with E-state index in [0.717, 1.165) is 6.92 Å². The van der Waals surface area contributed by atoms with E-state index in [2.05, 4.69) is 0 Å². The summed E-state index contributed by atoms with van der Waals surface area (Å²) < 4.78 is 0. The predicted octanol–water partition coefficient (Wildman–Crippen LogP) is -1.62. The highest BCUT2D eigenvalue weighted by Crippen LogP contribution is 1.93. The van der Waals surface area contributed by atoms with Gasteiger partial charge < -0.3 is 15.3 Å². The number of Topliss-reactive ketones (excluding diaryl/α,β-unsaturated/α-hetero) is 1. The molecule has 0 aliphatic heterocycles. The first kappa shape index (κ1) is 9.06. The molecule has 0 aliphatic carbocycles. The molecule has 0 aromatic rings. The number of rotatable bonds is 3. The normalized spacial score (nSPS) is 15.9. The number of aliphatic carboxylic acids is 1. The fourth-order valence-corrected chi connectivity index (χ4v) is 0.346. The lowest BCUT2D eigenvalue weighted by molar-refractivity contribution is -0.155. The lowest BCUT2D eigenvalue weighted by Crippen LogP contribution is -2.36. The Kier molecular flexibility index (Phi) is 2.98. The Hall–Kier alpha value is -0.940. The first-order valence-corrected chi connectivity index (χ1v) is 2.60. The molecular weight excluding hydrogens is 140 g/mol. The third-order valence-corrected chi connectivity index (χ3v) is 0.936. The van der Waals surface area contributed by atoms with Gasteiger partial charge in [-0.1, -0.05) is 0 Å². The summed E-state index contributed by atoms with van der Waals surface area (Å²) in [6.07, 6.45) is -3.17. The van der Waals surface area contributed by atoms with Crippen molar-refractivity contribution in [2.24, 2.45) is 0 Å². The summed E-state index contributed by atoms with van der Waals surface area (Å²) in [6, 6.07) is 0. The maximum absolute atomic E-state index is 10.3. The zero-order valence-corrected chi connectivity index (χ0v) is 5.31. The van der Waals surface area contributed by atoms with Crippen LogP contribution in [0.1, 0.15) is 6.92 Å². The molecular formula is C5H8O5. The van der Waals surface area contributed by atoms with Crippen molar-refractivity contribution >= 4 is 11.8 Å². The largest absolute Gasteiger partial charge is 0.475 e. The highest BCUT2D eigenvalue weighted by Gasteiger charge is 2.26. The molecule has 0 amide bonds. The van der Waals surface area contributed by atoms with Crippen LogP contribution >= 0.6 is 0 Å². The molecule has 10 heavy (non-hydrogen) atoms. The first-order valence-electron chi connectivity index (χ1n) is 2.60. The van der Waals surface area contributed by atoms with E-state index in [1.54, 1.807) is 0 Å². The molecule has 58 valence electrons. The fraction of sp³-hybridized carbons (Fsp3) is 0.600. The predicted molar refractivity (Wildman–Crippen MR) is 30.3 cm³/mol. The number of carbonyl (C=O) groups excluding carboxylic acids is 1. The minimum Gasteiger partial charge on any atom is -0.475 e. The quantitative estimate of drug-likeness (QED) is 0.418. The fourth-order valence-electron chi connectivity index (χ4n) is 0.346. The highest BCUT2D eigenvalue weighted by atomic mass is 16.4. The van der Waals surface area contributed by atoms with Gasteiger partial charge in [-0.25, -0.2) is 4.79 Å². The van der Waals surface area contributed by atoms with E-state index < -0.39 is 24.0 Å². The molecule has 5 nitrogen and oxygen atoms in total. The van der Waals surface area contributed by atoms with Crippen molar-refractivity contribution in [1.29, 1.82) is 0 Å². The Bertz CT molecular complexity index is 150. The van der Waals surface area contributed by atoms with Gasteiger partial charge in [-0.15, -0.1) is 0 Å². The maximum Gasteiger partial charge on any atom is 0.375 e. The van der Waals surface area contributed by atoms with Gasteiger partial charge in [0.05, 0.1) is 6.10 Å². The molecule has 0 fully saturated rings.